The third-order valence-electron chi connectivity index (χ3n) is 3.20. The summed E-state index contributed by atoms with van der Waals surface area (Å²) in [6, 6.07) is 5.28. The van der Waals surface area contributed by atoms with Crippen LogP contribution in [0.4, 0.5) is 5.69 Å². The summed E-state index contributed by atoms with van der Waals surface area (Å²) in [6.07, 6.45) is 2.36. The quantitative estimate of drug-likeness (QED) is 0.639. The van der Waals surface area contributed by atoms with Crippen LogP contribution in [0.5, 0.6) is 5.75 Å². The lowest BCUT2D eigenvalue weighted by atomic mass is 10.1. The second-order valence-corrected chi connectivity index (χ2v) is 4.59. The van der Waals surface area contributed by atoms with E-state index in [0.717, 1.165) is 13.1 Å². The van der Waals surface area contributed by atoms with Crippen LogP contribution < -0.4 is 10.5 Å². The van der Waals surface area contributed by atoms with Gasteiger partial charge in [0.25, 0.3) is 0 Å². The average molecular weight is 248 g/mol. The number of nitrogens with two attached hydrogens (primary N) is 1. The van der Waals surface area contributed by atoms with Gasteiger partial charge in [-0.15, -0.1) is 0 Å². The molecule has 2 N–H and O–H groups in total. The van der Waals surface area contributed by atoms with Crippen LogP contribution in [0.3, 0.4) is 0 Å². The summed E-state index contributed by atoms with van der Waals surface area (Å²) in [6.45, 7) is 4.99. The summed E-state index contributed by atoms with van der Waals surface area (Å²) in [5, 5.41) is 0. The Morgan fingerprint density at radius 1 is 1.39 bits per heavy atom. The first-order valence-corrected chi connectivity index (χ1v) is 6.48. The van der Waals surface area contributed by atoms with Crippen molar-refractivity contribution < 1.29 is 9.53 Å². The summed E-state index contributed by atoms with van der Waals surface area (Å²) in [7, 11) is 0. The average Bonchev–Trinajstić information content (AvgIpc) is 2.84. The highest BCUT2D eigenvalue weighted by atomic mass is 16.5. The number of hydrogen-bond donors (Lipinski definition) is 1. The van der Waals surface area contributed by atoms with Gasteiger partial charge in [-0.05, 0) is 51.1 Å². The molecule has 1 aromatic carbocycles. The van der Waals surface area contributed by atoms with Crippen LogP contribution in [-0.2, 0) is 0 Å². The third kappa shape index (κ3) is 3.01. The Morgan fingerprint density at radius 2 is 2.11 bits per heavy atom. The Bertz CT molecular complexity index is 426. The Morgan fingerprint density at radius 3 is 2.78 bits per heavy atom. The zero-order valence-electron chi connectivity index (χ0n) is 10.8. The number of anilines is 1. The van der Waals surface area contributed by atoms with Crippen molar-refractivity contribution in [2.24, 2.45) is 0 Å². The molecule has 1 aromatic rings. The third-order valence-corrected chi connectivity index (χ3v) is 3.20. The molecule has 98 valence electrons. The fraction of sp³-hybridized carbons (Fsp3) is 0.500. The largest absolute Gasteiger partial charge is 0.494 e. The van der Waals surface area contributed by atoms with Crippen LogP contribution >= 0.6 is 0 Å². The molecule has 1 fully saturated rings. The molecule has 0 spiro atoms. The van der Waals surface area contributed by atoms with Crippen LogP contribution in [0.1, 0.15) is 30.1 Å². The molecule has 18 heavy (non-hydrogen) atoms. The Labute approximate surface area is 108 Å². The first-order chi connectivity index (χ1) is 8.70. The lowest BCUT2D eigenvalue weighted by Crippen LogP contribution is -2.27. The predicted molar refractivity (Wildman–Crippen MR) is 72.0 cm³/mol. The van der Waals surface area contributed by atoms with Crippen LogP contribution in [0.2, 0.25) is 0 Å². The van der Waals surface area contributed by atoms with Crippen molar-refractivity contribution in [3.05, 3.63) is 23.8 Å². The first-order valence-electron chi connectivity index (χ1n) is 6.48. The van der Waals surface area contributed by atoms with E-state index in [1.54, 1.807) is 18.2 Å². The smallest absolute Gasteiger partial charge is 0.179 e. The van der Waals surface area contributed by atoms with Crippen molar-refractivity contribution in [3.8, 4) is 5.75 Å². The van der Waals surface area contributed by atoms with Gasteiger partial charge in [0.1, 0.15) is 5.75 Å². The van der Waals surface area contributed by atoms with Crippen molar-refractivity contribution in [1.29, 1.82) is 0 Å². The zero-order valence-corrected chi connectivity index (χ0v) is 10.8. The van der Waals surface area contributed by atoms with Gasteiger partial charge < -0.3 is 10.5 Å². The molecule has 0 atom stereocenters. The van der Waals surface area contributed by atoms with E-state index in [4.69, 9.17) is 10.5 Å². The molecule has 0 bridgehead atoms. The van der Waals surface area contributed by atoms with Crippen molar-refractivity contribution in [2.75, 3.05) is 32.0 Å². The van der Waals surface area contributed by atoms with Gasteiger partial charge in [-0.3, -0.25) is 9.69 Å². The number of ether oxygens (including phenoxy) is 1. The van der Waals surface area contributed by atoms with Gasteiger partial charge in [0.2, 0.25) is 0 Å². The van der Waals surface area contributed by atoms with Crippen LogP contribution in [-0.4, -0.2) is 36.9 Å². The summed E-state index contributed by atoms with van der Waals surface area (Å²) in [4.78, 5) is 14.4. The fourth-order valence-electron chi connectivity index (χ4n) is 2.26. The maximum absolute atomic E-state index is 12.2. The topological polar surface area (TPSA) is 55.6 Å². The first kappa shape index (κ1) is 12.9. The SMILES string of the molecule is CCOc1ccc(N)c(C(=O)CN2CCCC2)c1. The highest BCUT2D eigenvalue weighted by molar-refractivity contribution is 6.02. The maximum atomic E-state index is 12.2. The zero-order chi connectivity index (χ0) is 13.0. The second kappa shape index (κ2) is 5.87. The lowest BCUT2D eigenvalue weighted by Gasteiger charge is -2.14. The number of carbonyl (C=O) groups is 1. The molecule has 0 aliphatic carbocycles. The van der Waals surface area contributed by atoms with E-state index in [0.29, 0.717) is 30.2 Å². The molecular weight excluding hydrogens is 228 g/mol. The minimum absolute atomic E-state index is 0.0796. The number of Topliss-reactive ketones (excluding diaryl/α,β-unsaturated/α-hetero) is 1. The van der Waals surface area contributed by atoms with E-state index in [-0.39, 0.29) is 5.78 Å². The van der Waals surface area contributed by atoms with Crippen LogP contribution in [0, 0.1) is 0 Å². The molecule has 0 unspecified atom stereocenters. The number of nitrogens with zero attached hydrogens (tertiary/aromatic N) is 1. The molecule has 1 aliphatic heterocycles. The minimum atomic E-state index is 0.0796. The Kier molecular flexibility index (Phi) is 4.20. The highest BCUT2D eigenvalue weighted by Gasteiger charge is 2.18. The fourth-order valence-corrected chi connectivity index (χ4v) is 2.26. The molecule has 0 amide bonds. The van der Waals surface area contributed by atoms with Gasteiger partial charge in [-0.2, -0.15) is 0 Å². The molecule has 4 heteroatoms. The molecule has 0 saturated carbocycles. The lowest BCUT2D eigenvalue weighted by molar-refractivity contribution is 0.0946. The molecule has 0 radical (unpaired) electrons. The van der Waals surface area contributed by atoms with Crippen LogP contribution in [0.15, 0.2) is 18.2 Å². The number of benzene rings is 1. The van der Waals surface area contributed by atoms with Gasteiger partial charge in [0, 0.05) is 11.3 Å². The number of ketones is 1. The summed E-state index contributed by atoms with van der Waals surface area (Å²) in [5.74, 6) is 0.785. The highest BCUT2D eigenvalue weighted by Crippen LogP contribution is 2.21. The van der Waals surface area contributed by atoms with Crippen molar-refractivity contribution >= 4 is 11.5 Å². The normalized spacial score (nSPS) is 15.8. The molecule has 1 heterocycles. The van der Waals surface area contributed by atoms with Gasteiger partial charge in [0.05, 0.1) is 13.2 Å². The van der Waals surface area contributed by atoms with Gasteiger partial charge in [0.15, 0.2) is 5.78 Å². The molecule has 2 rings (SSSR count). The van der Waals surface area contributed by atoms with Crippen molar-refractivity contribution in [3.63, 3.8) is 0 Å². The molecule has 1 saturated heterocycles. The number of likely N-dealkylation sites (tertiary alicyclic amines) is 1. The number of carbonyl (C=O) groups excluding carboxylic acids is 1. The summed E-state index contributed by atoms with van der Waals surface area (Å²) < 4.78 is 5.40. The standard InChI is InChI=1S/C14H20N2O2/c1-2-18-11-5-6-13(15)12(9-11)14(17)10-16-7-3-4-8-16/h5-6,9H,2-4,7-8,10,15H2,1H3. The predicted octanol–water partition coefficient (Wildman–Crippen LogP) is 1.95. The van der Waals surface area contributed by atoms with E-state index >= 15 is 0 Å². The Balaban J connectivity index is 2.09. The van der Waals surface area contributed by atoms with Gasteiger partial charge >= 0.3 is 0 Å². The molecule has 4 nitrogen and oxygen atoms in total. The molecular formula is C14H20N2O2. The summed E-state index contributed by atoms with van der Waals surface area (Å²) in [5.41, 5.74) is 6.97. The monoisotopic (exact) mass is 248 g/mol. The number of hydrogen-bond acceptors (Lipinski definition) is 4. The summed E-state index contributed by atoms with van der Waals surface area (Å²) >= 11 is 0. The van der Waals surface area contributed by atoms with E-state index in [2.05, 4.69) is 4.90 Å². The maximum Gasteiger partial charge on any atom is 0.179 e. The van der Waals surface area contributed by atoms with Crippen molar-refractivity contribution in [2.45, 2.75) is 19.8 Å². The Hall–Kier alpha value is -1.55. The van der Waals surface area contributed by atoms with E-state index in [9.17, 15) is 4.79 Å². The number of rotatable bonds is 5. The van der Waals surface area contributed by atoms with Crippen molar-refractivity contribution in [1.82, 2.24) is 4.90 Å². The van der Waals surface area contributed by atoms with Crippen LogP contribution in [0.25, 0.3) is 0 Å². The van der Waals surface area contributed by atoms with Gasteiger partial charge in [-0.25, -0.2) is 0 Å². The van der Waals surface area contributed by atoms with Gasteiger partial charge in [-0.1, -0.05) is 0 Å². The molecule has 0 aromatic heterocycles. The van der Waals surface area contributed by atoms with E-state index in [1.165, 1.54) is 12.8 Å². The van der Waals surface area contributed by atoms with E-state index < -0.39 is 0 Å². The molecule has 1 aliphatic rings. The number of nitrogen functional groups attached to an aromatic ring is 1. The van der Waals surface area contributed by atoms with E-state index in [1.807, 2.05) is 6.92 Å². The second-order valence-electron chi connectivity index (χ2n) is 4.59. The minimum Gasteiger partial charge on any atom is -0.494 e.